The van der Waals surface area contributed by atoms with Gasteiger partial charge in [-0.05, 0) is 13.3 Å². The van der Waals surface area contributed by atoms with E-state index in [1.54, 1.807) is 0 Å². The molecule has 4 nitrogen and oxygen atoms in total. The maximum absolute atomic E-state index is 11.0. The molecule has 0 spiro atoms. The minimum atomic E-state index is -4.38. The van der Waals surface area contributed by atoms with Gasteiger partial charge in [0.05, 0.1) is 11.4 Å². The summed E-state index contributed by atoms with van der Waals surface area (Å²) in [7, 11) is -4.38. The van der Waals surface area contributed by atoms with Crippen LogP contribution in [0.4, 0.5) is 0 Å². The molecule has 0 radical (unpaired) electrons. The summed E-state index contributed by atoms with van der Waals surface area (Å²) in [4.78, 5) is 0. The third-order valence-corrected chi connectivity index (χ3v) is 6.62. The van der Waals surface area contributed by atoms with E-state index in [1.807, 2.05) is 0 Å². The third-order valence-electron chi connectivity index (χ3n) is 5.25. The Morgan fingerprint density at radius 1 is 0.704 bits per heavy atom. The summed E-state index contributed by atoms with van der Waals surface area (Å²) in [6.45, 7) is 3.64. The Morgan fingerprint density at radius 2 is 1.00 bits per heavy atom. The zero-order chi connectivity index (χ0) is 19.7. The third kappa shape index (κ3) is 19.9. The van der Waals surface area contributed by atoms with Gasteiger partial charge in [-0.25, -0.2) is 8.42 Å². The molecular formula is C21H43NaO4S. The maximum Gasteiger partial charge on any atom is 1.00 e. The number of hydrogen-bond donors (Lipinski definition) is 1. The molecule has 0 aliphatic heterocycles. The molecule has 0 aliphatic carbocycles. The topological polar surface area (TPSA) is 77.4 Å². The molecule has 0 saturated carbocycles. The van der Waals surface area contributed by atoms with E-state index in [0.717, 1.165) is 12.8 Å². The predicted molar refractivity (Wildman–Crippen MR) is 109 cm³/mol. The summed E-state index contributed by atoms with van der Waals surface area (Å²) in [6.07, 6.45) is 19.4. The molecule has 27 heavy (non-hydrogen) atoms. The van der Waals surface area contributed by atoms with Crippen LogP contribution in [0.25, 0.3) is 0 Å². The predicted octanol–water partition coefficient (Wildman–Crippen LogP) is 2.94. The number of aliphatic hydroxyl groups excluding tert-OH is 1. The van der Waals surface area contributed by atoms with Gasteiger partial charge in [0.15, 0.2) is 0 Å². The van der Waals surface area contributed by atoms with Crippen molar-refractivity contribution in [3.05, 3.63) is 0 Å². The van der Waals surface area contributed by atoms with Crippen molar-refractivity contribution in [3.63, 3.8) is 0 Å². The van der Waals surface area contributed by atoms with Crippen LogP contribution in [0, 0.1) is 0 Å². The van der Waals surface area contributed by atoms with Gasteiger partial charge in [-0.1, -0.05) is 110 Å². The van der Waals surface area contributed by atoms with Crippen LogP contribution in [-0.4, -0.2) is 29.4 Å². The molecule has 2 atom stereocenters. The Kier molecular flexibility index (Phi) is 22.4. The number of unbranched alkanes of at least 4 members (excludes halogenated alkanes) is 15. The van der Waals surface area contributed by atoms with Crippen molar-refractivity contribution in [2.24, 2.45) is 0 Å². The summed E-state index contributed by atoms with van der Waals surface area (Å²) in [5, 5.41) is 8.25. The summed E-state index contributed by atoms with van der Waals surface area (Å²) in [6, 6.07) is 0. The Morgan fingerprint density at radius 3 is 1.26 bits per heavy atom. The first-order valence-corrected chi connectivity index (χ1v) is 12.5. The van der Waals surface area contributed by atoms with E-state index in [1.165, 1.54) is 90.4 Å². The molecule has 0 rings (SSSR count). The van der Waals surface area contributed by atoms with Gasteiger partial charge < -0.3 is 9.66 Å². The van der Waals surface area contributed by atoms with Gasteiger partial charge in [-0.3, -0.25) is 0 Å². The van der Waals surface area contributed by atoms with E-state index in [-0.39, 0.29) is 36.0 Å². The summed E-state index contributed by atoms with van der Waals surface area (Å²) >= 11 is 0. The summed E-state index contributed by atoms with van der Waals surface area (Å²) in [5.41, 5.74) is 0. The average molecular weight is 415 g/mol. The molecular weight excluding hydrogens is 371 g/mol. The van der Waals surface area contributed by atoms with Crippen LogP contribution >= 0.6 is 0 Å². The van der Waals surface area contributed by atoms with Crippen molar-refractivity contribution in [1.29, 1.82) is 0 Å². The van der Waals surface area contributed by atoms with Crippen LogP contribution in [0.1, 0.15) is 123 Å². The van der Waals surface area contributed by atoms with Crippen LogP contribution < -0.4 is 29.6 Å². The van der Waals surface area contributed by atoms with Crippen molar-refractivity contribution < 1.29 is 47.6 Å². The fourth-order valence-corrected chi connectivity index (χ4v) is 4.46. The van der Waals surface area contributed by atoms with Gasteiger partial charge in [0.2, 0.25) is 0 Å². The van der Waals surface area contributed by atoms with E-state index in [9.17, 15) is 18.1 Å². The number of hydrogen-bond acceptors (Lipinski definition) is 4. The monoisotopic (exact) mass is 414 g/mol. The fraction of sp³-hybridized carbons (Fsp3) is 1.00. The quantitative estimate of drug-likeness (QED) is 0.200. The molecule has 0 aromatic carbocycles. The van der Waals surface area contributed by atoms with Crippen LogP contribution in [0.5, 0.6) is 0 Å². The van der Waals surface area contributed by atoms with Gasteiger partial charge in [-0.15, -0.1) is 0 Å². The minimum absolute atomic E-state index is 0. The van der Waals surface area contributed by atoms with Crippen LogP contribution in [0.2, 0.25) is 0 Å². The molecule has 0 fully saturated rings. The van der Waals surface area contributed by atoms with Crippen molar-refractivity contribution in [3.8, 4) is 0 Å². The molecule has 0 heterocycles. The number of rotatable bonds is 19. The molecule has 0 bridgehead atoms. The van der Waals surface area contributed by atoms with E-state index in [4.69, 9.17) is 0 Å². The standard InChI is InChI=1S/C21H44O4S.Na/c1-3-4-5-6-7-8-9-10-11-12-13-14-15-16-17-18-19-21(20(2)22)26(23,24)25;/h20-22H,3-19H2,1-2H3,(H,23,24,25);/q;+1/p-1. The van der Waals surface area contributed by atoms with Crippen LogP contribution in [0.15, 0.2) is 0 Å². The molecule has 2 unspecified atom stereocenters. The normalized spacial score (nSPS) is 13.9. The summed E-state index contributed by atoms with van der Waals surface area (Å²) in [5.74, 6) is 0. The maximum atomic E-state index is 11.0. The first kappa shape index (κ1) is 30.1. The minimum Gasteiger partial charge on any atom is -0.748 e. The average Bonchev–Trinajstić information content (AvgIpc) is 2.56. The molecule has 1 N–H and O–H groups in total. The molecule has 158 valence electrons. The van der Waals surface area contributed by atoms with Crippen molar-refractivity contribution in [2.45, 2.75) is 134 Å². The largest absolute Gasteiger partial charge is 1.00 e. The SMILES string of the molecule is CCCCCCCCCCCCCCCCCCC(C(C)O)S(=O)(=O)[O-].[Na+]. The van der Waals surface area contributed by atoms with E-state index in [2.05, 4.69) is 6.92 Å². The molecule has 0 aromatic rings. The van der Waals surface area contributed by atoms with Gasteiger partial charge in [0.1, 0.15) is 10.1 Å². The van der Waals surface area contributed by atoms with Crippen LogP contribution in [-0.2, 0) is 10.1 Å². The van der Waals surface area contributed by atoms with E-state index in [0.29, 0.717) is 6.42 Å². The molecule has 0 aromatic heterocycles. The Bertz CT molecular complexity index is 399. The first-order valence-electron chi connectivity index (χ1n) is 11.0. The smallest absolute Gasteiger partial charge is 0.748 e. The second-order valence-electron chi connectivity index (χ2n) is 7.86. The first-order chi connectivity index (χ1) is 12.4. The Labute approximate surface area is 191 Å². The van der Waals surface area contributed by atoms with E-state index < -0.39 is 21.5 Å². The summed E-state index contributed by atoms with van der Waals surface area (Å²) < 4.78 is 33.1. The molecule has 0 aliphatic rings. The van der Waals surface area contributed by atoms with Gasteiger partial charge in [0, 0.05) is 0 Å². The zero-order valence-corrected chi connectivity index (χ0v) is 21.1. The van der Waals surface area contributed by atoms with Crippen molar-refractivity contribution in [2.75, 3.05) is 0 Å². The van der Waals surface area contributed by atoms with E-state index >= 15 is 0 Å². The van der Waals surface area contributed by atoms with Gasteiger partial charge in [0.25, 0.3) is 0 Å². The number of aliphatic hydroxyl groups is 1. The second kappa shape index (κ2) is 20.2. The molecule has 0 saturated heterocycles. The van der Waals surface area contributed by atoms with Crippen molar-refractivity contribution in [1.82, 2.24) is 0 Å². The zero-order valence-electron chi connectivity index (χ0n) is 18.3. The van der Waals surface area contributed by atoms with Crippen molar-refractivity contribution >= 4 is 10.1 Å². The molecule has 0 amide bonds. The Balaban J connectivity index is 0. The molecule has 6 heteroatoms. The van der Waals surface area contributed by atoms with Gasteiger partial charge in [-0.2, -0.15) is 0 Å². The van der Waals surface area contributed by atoms with Crippen LogP contribution in [0.3, 0.4) is 0 Å². The Hall–Kier alpha value is 0.870. The van der Waals surface area contributed by atoms with Gasteiger partial charge >= 0.3 is 29.6 Å². The second-order valence-corrected chi connectivity index (χ2v) is 9.45. The fourth-order valence-electron chi connectivity index (χ4n) is 3.52.